The average Bonchev–Trinajstić information content (AvgIpc) is 2.49. The second-order valence-corrected chi connectivity index (χ2v) is 5.12. The third-order valence-corrected chi connectivity index (χ3v) is 3.62. The Kier molecular flexibility index (Phi) is 4.57. The Morgan fingerprint density at radius 2 is 1.85 bits per heavy atom. The van der Waals surface area contributed by atoms with E-state index in [2.05, 4.69) is 26.0 Å². The molecule has 0 saturated carbocycles. The van der Waals surface area contributed by atoms with Crippen molar-refractivity contribution in [3.63, 3.8) is 0 Å². The molecular formula is C18H20O2. The van der Waals surface area contributed by atoms with E-state index in [9.17, 15) is 4.79 Å². The van der Waals surface area contributed by atoms with Crippen molar-refractivity contribution in [2.45, 2.75) is 33.1 Å². The first-order chi connectivity index (χ1) is 9.63. The molecule has 1 atom stereocenters. The van der Waals surface area contributed by atoms with Crippen molar-refractivity contribution in [2.75, 3.05) is 0 Å². The third-order valence-electron chi connectivity index (χ3n) is 3.62. The fraction of sp³-hybridized carbons (Fsp3) is 0.278. The van der Waals surface area contributed by atoms with E-state index < -0.39 is 0 Å². The minimum atomic E-state index is 0.567. The van der Waals surface area contributed by atoms with Crippen LogP contribution in [0.4, 0.5) is 0 Å². The van der Waals surface area contributed by atoms with Crippen molar-refractivity contribution in [2.24, 2.45) is 0 Å². The van der Waals surface area contributed by atoms with Gasteiger partial charge in [0.1, 0.15) is 17.8 Å². The van der Waals surface area contributed by atoms with E-state index in [1.807, 2.05) is 31.2 Å². The van der Waals surface area contributed by atoms with Gasteiger partial charge in [-0.2, -0.15) is 0 Å². The molecule has 0 aliphatic rings. The Hall–Kier alpha value is -2.09. The zero-order valence-corrected chi connectivity index (χ0v) is 12.2. The summed E-state index contributed by atoms with van der Waals surface area (Å²) in [5.41, 5.74) is 2.95. The number of hydrogen-bond acceptors (Lipinski definition) is 2. The van der Waals surface area contributed by atoms with Crippen molar-refractivity contribution in [1.82, 2.24) is 0 Å². The van der Waals surface area contributed by atoms with Crippen molar-refractivity contribution in [3.8, 4) is 11.5 Å². The first-order valence-corrected chi connectivity index (χ1v) is 6.97. The second kappa shape index (κ2) is 6.38. The number of aryl methyl sites for hydroxylation is 1. The molecular weight excluding hydrogens is 248 g/mol. The fourth-order valence-corrected chi connectivity index (χ4v) is 2.09. The first kappa shape index (κ1) is 14.3. The molecule has 0 spiro atoms. The maximum atomic E-state index is 10.7. The number of carbonyl (C=O) groups is 1. The van der Waals surface area contributed by atoms with Crippen molar-refractivity contribution in [1.29, 1.82) is 0 Å². The molecule has 0 bridgehead atoms. The third kappa shape index (κ3) is 3.27. The Balaban J connectivity index is 2.16. The summed E-state index contributed by atoms with van der Waals surface area (Å²) in [4.78, 5) is 10.7. The van der Waals surface area contributed by atoms with E-state index in [0.29, 0.717) is 11.5 Å². The quantitative estimate of drug-likeness (QED) is 0.704. The molecule has 0 N–H and O–H groups in total. The number of hydrogen-bond donors (Lipinski definition) is 0. The standard InChI is InChI=1S/C18H20O2/c1-4-13(2)16-6-8-17(9-7-16)20-18-10-5-15(12-19)11-14(18)3/h5-13H,4H2,1-3H3. The van der Waals surface area contributed by atoms with E-state index in [4.69, 9.17) is 4.74 Å². The van der Waals surface area contributed by atoms with Gasteiger partial charge in [0.25, 0.3) is 0 Å². The minimum Gasteiger partial charge on any atom is -0.457 e. The van der Waals surface area contributed by atoms with Crippen LogP contribution in [0.2, 0.25) is 0 Å². The summed E-state index contributed by atoms with van der Waals surface area (Å²) in [6, 6.07) is 13.6. The summed E-state index contributed by atoms with van der Waals surface area (Å²) in [7, 11) is 0. The zero-order chi connectivity index (χ0) is 14.5. The molecule has 20 heavy (non-hydrogen) atoms. The fourth-order valence-electron chi connectivity index (χ4n) is 2.09. The van der Waals surface area contributed by atoms with Gasteiger partial charge in [-0.05, 0) is 60.7 Å². The molecule has 0 heterocycles. The molecule has 1 unspecified atom stereocenters. The van der Waals surface area contributed by atoms with Crippen LogP contribution in [-0.2, 0) is 0 Å². The predicted octanol–water partition coefficient (Wildman–Crippen LogP) is 5.11. The zero-order valence-electron chi connectivity index (χ0n) is 12.2. The summed E-state index contributed by atoms with van der Waals surface area (Å²) in [5.74, 6) is 2.17. The monoisotopic (exact) mass is 268 g/mol. The summed E-state index contributed by atoms with van der Waals surface area (Å²) in [6.45, 7) is 6.35. The van der Waals surface area contributed by atoms with E-state index in [0.717, 1.165) is 29.8 Å². The lowest BCUT2D eigenvalue weighted by atomic mass is 9.99. The van der Waals surface area contributed by atoms with Gasteiger partial charge in [-0.25, -0.2) is 0 Å². The molecule has 0 fully saturated rings. The highest BCUT2D eigenvalue weighted by atomic mass is 16.5. The maximum Gasteiger partial charge on any atom is 0.150 e. The molecule has 104 valence electrons. The first-order valence-electron chi connectivity index (χ1n) is 6.97. The van der Waals surface area contributed by atoms with Gasteiger partial charge in [-0.1, -0.05) is 26.0 Å². The van der Waals surface area contributed by atoms with Gasteiger partial charge in [0, 0.05) is 5.56 Å². The van der Waals surface area contributed by atoms with Crippen LogP contribution in [0.3, 0.4) is 0 Å². The van der Waals surface area contributed by atoms with Crippen LogP contribution in [0.25, 0.3) is 0 Å². The highest BCUT2D eigenvalue weighted by Gasteiger charge is 2.05. The molecule has 0 saturated heterocycles. The van der Waals surface area contributed by atoms with E-state index in [1.54, 1.807) is 6.07 Å². The largest absolute Gasteiger partial charge is 0.457 e. The molecule has 2 heteroatoms. The number of carbonyl (C=O) groups excluding carboxylic acids is 1. The SMILES string of the molecule is CCC(C)c1ccc(Oc2ccc(C=O)cc2C)cc1. The maximum absolute atomic E-state index is 10.7. The molecule has 0 aliphatic carbocycles. The van der Waals surface area contributed by atoms with Gasteiger partial charge in [0.2, 0.25) is 0 Å². The Bertz CT molecular complexity index is 585. The average molecular weight is 268 g/mol. The molecule has 0 aromatic heterocycles. The number of rotatable bonds is 5. The Morgan fingerprint density at radius 3 is 2.40 bits per heavy atom. The molecule has 2 nitrogen and oxygen atoms in total. The predicted molar refractivity (Wildman–Crippen MR) is 81.8 cm³/mol. The summed E-state index contributed by atoms with van der Waals surface area (Å²) >= 11 is 0. The van der Waals surface area contributed by atoms with Crippen LogP contribution < -0.4 is 4.74 Å². The van der Waals surface area contributed by atoms with Crippen molar-refractivity contribution in [3.05, 3.63) is 59.2 Å². The summed E-state index contributed by atoms with van der Waals surface area (Å²) in [5, 5.41) is 0. The Morgan fingerprint density at radius 1 is 1.15 bits per heavy atom. The van der Waals surface area contributed by atoms with Crippen LogP contribution in [0.5, 0.6) is 11.5 Å². The molecule has 0 radical (unpaired) electrons. The lowest BCUT2D eigenvalue weighted by Gasteiger charge is -2.12. The lowest BCUT2D eigenvalue weighted by molar-refractivity contribution is 0.112. The number of benzene rings is 2. The summed E-state index contributed by atoms with van der Waals surface area (Å²) < 4.78 is 5.86. The number of aldehydes is 1. The van der Waals surface area contributed by atoms with Gasteiger partial charge in [-0.3, -0.25) is 4.79 Å². The number of ether oxygens (including phenoxy) is 1. The normalized spacial score (nSPS) is 11.9. The van der Waals surface area contributed by atoms with Crippen molar-refractivity contribution < 1.29 is 9.53 Å². The van der Waals surface area contributed by atoms with Crippen molar-refractivity contribution >= 4 is 6.29 Å². The van der Waals surface area contributed by atoms with Gasteiger partial charge in [0.05, 0.1) is 0 Å². The molecule has 0 amide bonds. The molecule has 0 aliphatic heterocycles. The van der Waals surface area contributed by atoms with Gasteiger partial charge < -0.3 is 4.74 Å². The smallest absolute Gasteiger partial charge is 0.150 e. The second-order valence-electron chi connectivity index (χ2n) is 5.12. The van der Waals surface area contributed by atoms with E-state index in [1.165, 1.54) is 5.56 Å². The van der Waals surface area contributed by atoms with Crippen LogP contribution >= 0.6 is 0 Å². The van der Waals surface area contributed by atoms with Crippen LogP contribution in [0.15, 0.2) is 42.5 Å². The highest BCUT2D eigenvalue weighted by molar-refractivity contribution is 5.75. The van der Waals surface area contributed by atoms with Crippen LogP contribution in [0, 0.1) is 6.92 Å². The molecule has 2 aromatic rings. The van der Waals surface area contributed by atoms with Gasteiger partial charge >= 0.3 is 0 Å². The van der Waals surface area contributed by atoms with Gasteiger partial charge in [0.15, 0.2) is 0 Å². The molecule has 2 aromatic carbocycles. The minimum absolute atomic E-state index is 0.567. The topological polar surface area (TPSA) is 26.3 Å². The Labute approximate surface area is 120 Å². The van der Waals surface area contributed by atoms with E-state index in [-0.39, 0.29) is 0 Å². The lowest BCUT2D eigenvalue weighted by Crippen LogP contribution is -1.92. The molecule has 2 rings (SSSR count). The highest BCUT2D eigenvalue weighted by Crippen LogP contribution is 2.27. The van der Waals surface area contributed by atoms with Gasteiger partial charge in [-0.15, -0.1) is 0 Å². The van der Waals surface area contributed by atoms with Crippen LogP contribution in [0.1, 0.15) is 47.7 Å². The van der Waals surface area contributed by atoms with Crippen LogP contribution in [-0.4, -0.2) is 6.29 Å². The summed E-state index contributed by atoms with van der Waals surface area (Å²) in [6.07, 6.45) is 1.98. The van der Waals surface area contributed by atoms with E-state index >= 15 is 0 Å².